The molecule has 8 N–H and O–H groups in total. The minimum atomic E-state index is -0.874. The zero-order valence-corrected chi connectivity index (χ0v) is 72.6. The average Bonchev–Trinajstić information content (AvgIpc) is 1.26. The molecule has 0 bridgehead atoms. The summed E-state index contributed by atoms with van der Waals surface area (Å²) >= 11 is 0. The first-order valence-corrected chi connectivity index (χ1v) is 43.4. The molecule has 8 aromatic rings. The molecule has 16 rings (SSSR count). The maximum absolute atomic E-state index is 13.2. The summed E-state index contributed by atoms with van der Waals surface area (Å²) in [6, 6.07) is 72.7. The molecule has 8 aliphatic rings. The third-order valence-corrected chi connectivity index (χ3v) is 24.7. The van der Waals surface area contributed by atoms with E-state index in [9.17, 15) is 33.6 Å². The lowest BCUT2D eigenvalue weighted by Crippen LogP contribution is -2.44. The van der Waals surface area contributed by atoms with Gasteiger partial charge < -0.3 is 70.9 Å². The topological polar surface area (TPSA) is 279 Å². The van der Waals surface area contributed by atoms with Gasteiger partial charge >= 0.3 is 36.1 Å². The van der Waals surface area contributed by atoms with E-state index in [1.54, 1.807) is 48.5 Å². The van der Waals surface area contributed by atoms with Crippen molar-refractivity contribution in [3.8, 4) is 0 Å². The highest BCUT2D eigenvalue weighted by molar-refractivity contribution is 5.91. The molecule has 8 aliphatic carbocycles. The van der Waals surface area contributed by atoms with Gasteiger partial charge in [0, 0.05) is 130 Å². The standard InChI is InChI=1S/C28H36N2O4.C23H28N2O2.C22H26N2O2.C19H28N2O2.C9H8O3/c1-27(2,3)34-26(32)30(24-16-23(24)21-8-6-5-7-9-21)19-28(14-15-28)18-29-17-20-10-12-22(13-11-20)25(31)33-4;1-27-22(26)19-9-7-17(8-10-19)14-24-15-23(11-12-23)16-25-21-13-20(21)18-5-3-2-4-6-18;25-21(26)18-8-6-16(7-9-18)13-23-14-22(10-11-22)15-24-20-12-19(20)17-4-2-1-3-5-17;1-18(2,3)23-17(22)21(13-19(12-20)9-10-19)16-11-15(16)14-7-5-4-6-8-14;1-12-9(11)8-4-2-7(6-10)3-5-8/h5-13,23-24,29H,14-19H2,1-4H3;2-10,20-21,24-25H,11-16H2,1H3;1-9,19-20,23-24H,10-15H2,(H,25,26);4-8,15-16H,9-13,20H2,1-3H3;2-6H,1H3/t23?,24-;20?,21-;19?,20-;15?,16-;/m0000./s1. The summed E-state index contributed by atoms with van der Waals surface area (Å²) in [5, 5.41) is 27.2. The molecule has 21 nitrogen and oxygen atoms in total. The molecule has 0 heterocycles. The Morgan fingerprint density at radius 3 is 0.975 bits per heavy atom. The largest absolute Gasteiger partial charge is 0.478 e. The van der Waals surface area contributed by atoms with Crippen molar-refractivity contribution in [1.82, 2.24) is 36.4 Å². The maximum Gasteiger partial charge on any atom is 0.410 e. The number of hydrogen-bond donors (Lipinski definition) is 7. The SMILES string of the molecule is CC(C)(C)OC(=O)N(CC1(CN)CC1)[C@H]1CC1c1ccccc1.COC(=O)c1ccc(C=O)cc1.COC(=O)c1ccc(CNCC2(CN(C(=O)OC(C)(C)C)[C@H]3CC3c3ccccc3)CC2)cc1.COC(=O)c1ccc(CNCC2(CN[C@H]3CC3c3ccccc3)CC2)cc1.O=C(O)c1ccc(CNCC2(CN[C@H]3CC3c3ccccc3)CC2)cc1. The van der Waals surface area contributed by atoms with Crippen molar-refractivity contribution in [3.63, 3.8) is 0 Å². The lowest BCUT2D eigenvalue weighted by molar-refractivity contribution is 0.0179. The number of carboxylic acids is 1. The lowest BCUT2D eigenvalue weighted by atomic mass is 10.1. The van der Waals surface area contributed by atoms with Crippen LogP contribution in [0.2, 0.25) is 0 Å². The van der Waals surface area contributed by atoms with Crippen LogP contribution in [-0.4, -0.2) is 166 Å². The first-order valence-electron chi connectivity index (χ1n) is 43.4. The van der Waals surface area contributed by atoms with Crippen LogP contribution in [0.4, 0.5) is 9.59 Å². The van der Waals surface area contributed by atoms with Crippen molar-refractivity contribution >= 4 is 42.3 Å². The third kappa shape index (κ3) is 27.3. The van der Waals surface area contributed by atoms with Gasteiger partial charge in [0.2, 0.25) is 0 Å². The Labute approximate surface area is 720 Å². The second kappa shape index (κ2) is 41.2. The Morgan fingerprint density at radius 2 is 0.689 bits per heavy atom. The monoisotopic (exact) mass is 1660 g/mol. The molecule has 8 saturated carbocycles. The summed E-state index contributed by atoms with van der Waals surface area (Å²) in [5.41, 5.74) is 17.4. The highest BCUT2D eigenvalue weighted by atomic mass is 16.6. The van der Waals surface area contributed by atoms with Gasteiger partial charge in [0.05, 0.1) is 43.6 Å². The van der Waals surface area contributed by atoms with Crippen molar-refractivity contribution in [2.24, 2.45) is 27.4 Å². The summed E-state index contributed by atoms with van der Waals surface area (Å²) in [6.07, 6.45) is 14.5. The van der Waals surface area contributed by atoms with Gasteiger partial charge in [0.25, 0.3) is 0 Å². The van der Waals surface area contributed by atoms with E-state index in [1.165, 1.54) is 87.7 Å². The quantitative estimate of drug-likeness (QED) is 0.0112. The van der Waals surface area contributed by atoms with Gasteiger partial charge in [-0.1, -0.05) is 170 Å². The fourth-order valence-corrected chi connectivity index (χ4v) is 15.9. The number of methoxy groups -OCH3 is 3. The predicted octanol–water partition coefficient (Wildman–Crippen LogP) is 16.8. The van der Waals surface area contributed by atoms with Crippen LogP contribution in [0, 0.1) is 21.7 Å². The number of esters is 3. The number of nitrogens with zero attached hydrogens (tertiary/aromatic N) is 2. The molecule has 0 radical (unpaired) electrons. The van der Waals surface area contributed by atoms with Crippen molar-refractivity contribution in [1.29, 1.82) is 0 Å². The Hall–Kier alpha value is -10.4. The number of carboxylic acid groups (broad SMARTS) is 1. The van der Waals surface area contributed by atoms with Gasteiger partial charge in [-0.3, -0.25) is 4.79 Å². The predicted molar refractivity (Wildman–Crippen MR) is 475 cm³/mol. The Balaban J connectivity index is 0.000000143. The number of rotatable bonds is 34. The van der Waals surface area contributed by atoms with Gasteiger partial charge in [-0.25, -0.2) is 28.8 Å². The number of ether oxygens (including phenoxy) is 5. The van der Waals surface area contributed by atoms with Gasteiger partial charge in [-0.2, -0.15) is 0 Å². The normalized spacial score (nSPS) is 21.0. The summed E-state index contributed by atoms with van der Waals surface area (Å²) in [6.45, 7) is 21.0. The zero-order chi connectivity index (χ0) is 86.7. The van der Waals surface area contributed by atoms with Gasteiger partial charge in [0.15, 0.2) is 0 Å². The second-order valence-corrected chi connectivity index (χ2v) is 37.0. The van der Waals surface area contributed by atoms with E-state index >= 15 is 0 Å². The summed E-state index contributed by atoms with van der Waals surface area (Å²) < 4.78 is 25.4. The molecule has 8 atom stereocenters. The Kier molecular flexibility index (Phi) is 30.7. The molecular formula is C101H126N8O13. The molecule has 0 spiro atoms. The molecule has 21 heteroatoms. The van der Waals surface area contributed by atoms with Crippen LogP contribution in [0.5, 0.6) is 0 Å². The number of nitrogens with one attached hydrogen (secondary N) is 5. The number of hydrogen-bond acceptors (Lipinski definition) is 18. The minimum Gasteiger partial charge on any atom is -0.478 e. The number of carbonyl (C=O) groups excluding carboxylic acids is 6. The van der Waals surface area contributed by atoms with E-state index in [0.29, 0.717) is 94.0 Å². The third-order valence-electron chi connectivity index (χ3n) is 24.7. The van der Waals surface area contributed by atoms with Gasteiger partial charge in [-0.15, -0.1) is 0 Å². The van der Waals surface area contributed by atoms with Crippen molar-refractivity contribution < 1.29 is 62.4 Å². The fraction of sp³-hybridized carbons (Fsp3) is 0.455. The van der Waals surface area contributed by atoms with Crippen LogP contribution in [0.3, 0.4) is 0 Å². The Bertz CT molecular complexity index is 4720. The number of nitrogens with two attached hydrogens (primary N) is 1. The van der Waals surface area contributed by atoms with E-state index in [1.807, 2.05) is 112 Å². The van der Waals surface area contributed by atoms with Crippen LogP contribution in [0.1, 0.15) is 233 Å². The van der Waals surface area contributed by atoms with Gasteiger partial charge in [-0.05, 0) is 223 Å². The summed E-state index contributed by atoms with van der Waals surface area (Å²) in [4.78, 5) is 84.9. The van der Waals surface area contributed by atoms with Crippen molar-refractivity contribution in [2.75, 3.05) is 73.7 Å². The van der Waals surface area contributed by atoms with Crippen molar-refractivity contribution in [2.45, 2.75) is 197 Å². The average molecular weight is 1660 g/mol. The molecule has 8 fully saturated rings. The minimum absolute atomic E-state index is 0.0900. The molecular weight excluding hydrogens is 1530 g/mol. The summed E-state index contributed by atoms with van der Waals surface area (Å²) in [7, 11) is 4.11. The number of carbonyl (C=O) groups is 7. The molecule has 0 aliphatic heterocycles. The molecule has 648 valence electrons. The highest BCUT2D eigenvalue weighted by Gasteiger charge is 2.54. The van der Waals surface area contributed by atoms with Crippen LogP contribution < -0.4 is 32.3 Å². The van der Waals surface area contributed by atoms with E-state index in [4.69, 9.17) is 29.8 Å². The molecule has 4 unspecified atom stereocenters. The molecule has 122 heavy (non-hydrogen) atoms. The number of benzene rings is 8. The molecule has 8 aromatic carbocycles. The van der Waals surface area contributed by atoms with E-state index < -0.39 is 23.1 Å². The smallest absolute Gasteiger partial charge is 0.410 e. The molecule has 2 amide bonds. The fourth-order valence-electron chi connectivity index (χ4n) is 15.9. The highest BCUT2D eigenvalue weighted by Crippen LogP contribution is 2.54. The van der Waals surface area contributed by atoms with Crippen molar-refractivity contribution in [3.05, 3.63) is 285 Å². The summed E-state index contributed by atoms with van der Waals surface area (Å²) in [5.74, 6) is 0.312. The second-order valence-electron chi connectivity index (χ2n) is 37.0. The van der Waals surface area contributed by atoms with E-state index in [-0.39, 0.29) is 47.0 Å². The molecule has 0 aromatic heterocycles. The number of amides is 2. The van der Waals surface area contributed by atoms with E-state index in [2.05, 4.69) is 141 Å². The van der Waals surface area contributed by atoms with Crippen LogP contribution in [0.25, 0.3) is 0 Å². The van der Waals surface area contributed by atoms with Crippen LogP contribution >= 0.6 is 0 Å². The number of aromatic carboxylic acids is 1. The van der Waals surface area contributed by atoms with Gasteiger partial charge in [0.1, 0.15) is 17.5 Å². The van der Waals surface area contributed by atoms with Crippen LogP contribution in [0.15, 0.2) is 218 Å². The number of aldehydes is 1. The molecule has 0 saturated heterocycles. The maximum atomic E-state index is 13.2. The first kappa shape index (κ1) is 90.8. The first-order chi connectivity index (χ1) is 58.6. The van der Waals surface area contributed by atoms with E-state index in [0.717, 1.165) is 108 Å². The lowest BCUT2D eigenvalue weighted by Gasteiger charge is -2.31. The Morgan fingerprint density at radius 1 is 0.393 bits per heavy atom. The van der Waals surface area contributed by atoms with Crippen LogP contribution in [-0.2, 0) is 43.3 Å². The zero-order valence-electron chi connectivity index (χ0n) is 72.6.